The van der Waals surface area contributed by atoms with Gasteiger partial charge in [0.15, 0.2) is 0 Å². The maximum atomic E-state index is 13.7. The molecule has 0 spiro atoms. The number of benzene rings is 1. The number of aromatic nitrogens is 1. The van der Waals surface area contributed by atoms with Gasteiger partial charge >= 0.3 is 0 Å². The third-order valence-corrected chi connectivity index (χ3v) is 7.51. The molecule has 0 N–H and O–H groups in total. The van der Waals surface area contributed by atoms with Gasteiger partial charge in [-0.3, -0.25) is 4.79 Å². The molecule has 5 heteroatoms. The molecule has 2 bridgehead atoms. The number of carbonyl (C=O) groups is 1. The van der Waals surface area contributed by atoms with E-state index in [1.54, 1.807) is 6.07 Å². The number of amides is 1. The van der Waals surface area contributed by atoms with Gasteiger partial charge in [-0.15, -0.1) is 0 Å². The summed E-state index contributed by atoms with van der Waals surface area (Å²) in [6, 6.07) is 6.36. The molecule has 146 valence electrons. The summed E-state index contributed by atoms with van der Waals surface area (Å²) in [6.07, 6.45) is 3.56. The lowest BCUT2D eigenvalue weighted by Gasteiger charge is -2.40. The summed E-state index contributed by atoms with van der Waals surface area (Å²) in [6.45, 7) is 9.91. The van der Waals surface area contributed by atoms with Crippen molar-refractivity contribution in [3.05, 3.63) is 53.6 Å². The Bertz CT molecular complexity index is 992. The first-order valence-electron chi connectivity index (χ1n) is 10.1. The molecular formula is C23H25FN2O2. The van der Waals surface area contributed by atoms with Gasteiger partial charge in [0.1, 0.15) is 17.3 Å². The molecule has 0 unspecified atom stereocenters. The van der Waals surface area contributed by atoms with E-state index >= 15 is 0 Å². The molecule has 3 aliphatic rings. The average Bonchev–Trinajstić information content (AvgIpc) is 3.35. The van der Waals surface area contributed by atoms with Crippen molar-refractivity contribution in [2.75, 3.05) is 6.54 Å². The number of fused-ring (bicyclic) bond motifs is 3. The number of carbonyl (C=O) groups excluding carboxylic acids is 1. The molecule has 1 amide bonds. The highest BCUT2D eigenvalue weighted by molar-refractivity contribution is 5.88. The Balaban J connectivity index is 1.46. The number of halogens is 1. The zero-order valence-corrected chi connectivity index (χ0v) is 16.4. The molecule has 2 saturated carbocycles. The third kappa shape index (κ3) is 2.28. The number of hydrogen-bond acceptors (Lipinski definition) is 3. The summed E-state index contributed by atoms with van der Waals surface area (Å²) in [7, 11) is 0. The monoisotopic (exact) mass is 380 g/mol. The molecular weight excluding hydrogens is 355 g/mol. The summed E-state index contributed by atoms with van der Waals surface area (Å²) in [5.74, 6) is 1.24. The predicted molar refractivity (Wildman–Crippen MR) is 104 cm³/mol. The summed E-state index contributed by atoms with van der Waals surface area (Å²) >= 11 is 0. The molecule has 1 aromatic carbocycles. The van der Waals surface area contributed by atoms with Crippen LogP contribution >= 0.6 is 0 Å². The molecule has 2 aromatic rings. The van der Waals surface area contributed by atoms with E-state index in [2.05, 4.69) is 25.6 Å². The predicted octanol–water partition coefficient (Wildman–Crippen LogP) is 4.75. The van der Waals surface area contributed by atoms with Gasteiger partial charge in [0.25, 0.3) is 0 Å². The Hall–Kier alpha value is -2.43. The van der Waals surface area contributed by atoms with Crippen molar-refractivity contribution in [1.29, 1.82) is 0 Å². The summed E-state index contributed by atoms with van der Waals surface area (Å²) in [5.41, 5.74) is 2.94. The molecule has 28 heavy (non-hydrogen) atoms. The first kappa shape index (κ1) is 17.7. The molecule has 2 fully saturated rings. The molecule has 2 aliphatic carbocycles. The maximum absolute atomic E-state index is 13.7. The topological polar surface area (TPSA) is 46.3 Å². The number of hydrogen-bond donors (Lipinski definition) is 0. The van der Waals surface area contributed by atoms with Crippen LogP contribution in [0, 0.1) is 22.6 Å². The highest BCUT2D eigenvalue weighted by Gasteiger charge is 2.61. The van der Waals surface area contributed by atoms with Gasteiger partial charge in [0.05, 0.1) is 12.0 Å². The fourth-order valence-corrected chi connectivity index (χ4v) is 5.67. The Morgan fingerprint density at radius 1 is 1.39 bits per heavy atom. The minimum absolute atomic E-state index is 0.0266. The normalized spacial score (nSPS) is 27.9. The largest absolute Gasteiger partial charge is 0.360 e. The summed E-state index contributed by atoms with van der Waals surface area (Å²) in [4.78, 5) is 15.6. The van der Waals surface area contributed by atoms with Crippen LogP contribution in [0.15, 0.2) is 40.9 Å². The first-order valence-corrected chi connectivity index (χ1v) is 10.1. The van der Waals surface area contributed by atoms with E-state index in [0.29, 0.717) is 36.7 Å². The first-order chi connectivity index (χ1) is 13.3. The highest BCUT2D eigenvalue weighted by Crippen LogP contribution is 2.66. The van der Waals surface area contributed by atoms with Crippen LogP contribution < -0.4 is 0 Å². The zero-order valence-electron chi connectivity index (χ0n) is 16.4. The Labute approximate surface area is 164 Å². The van der Waals surface area contributed by atoms with E-state index in [4.69, 9.17) is 4.52 Å². The lowest BCUT2D eigenvalue weighted by atomic mass is 9.68. The molecule has 5 rings (SSSR count). The van der Waals surface area contributed by atoms with Crippen LogP contribution in [0.1, 0.15) is 44.4 Å². The molecule has 2 atom stereocenters. The standard InChI is InChI=1S/C23H25FN2O2/c1-14-22(2,3)16-7-9-23(14,12-16)21(27)26-10-8-19-18(13-26)20(25-28-19)15-5-4-6-17(24)11-15/h4-6,11,16H,1,7-10,12-13H2,2-3H3/t16-,23+/m0/s1. The van der Waals surface area contributed by atoms with E-state index in [1.165, 1.54) is 12.1 Å². The summed E-state index contributed by atoms with van der Waals surface area (Å²) < 4.78 is 19.2. The minimum Gasteiger partial charge on any atom is -0.360 e. The number of rotatable bonds is 2. The summed E-state index contributed by atoms with van der Waals surface area (Å²) in [5, 5.41) is 4.19. The second kappa shape index (κ2) is 5.79. The van der Waals surface area contributed by atoms with E-state index in [-0.39, 0.29) is 17.1 Å². The quantitative estimate of drug-likeness (QED) is 0.707. The average molecular weight is 380 g/mol. The molecule has 4 nitrogen and oxygen atoms in total. The highest BCUT2D eigenvalue weighted by atomic mass is 19.1. The smallest absolute Gasteiger partial charge is 0.233 e. The SMILES string of the molecule is C=C1C(C)(C)[C@H]2CC[C@@]1(C(=O)N1CCc3onc(-c4cccc(F)c4)c3C1)C2. The van der Waals surface area contributed by atoms with Crippen LogP contribution in [-0.4, -0.2) is 22.5 Å². The van der Waals surface area contributed by atoms with E-state index in [1.807, 2.05) is 11.0 Å². The Kier molecular flexibility index (Phi) is 3.65. The lowest BCUT2D eigenvalue weighted by Crippen LogP contribution is -2.46. The van der Waals surface area contributed by atoms with Crippen molar-refractivity contribution >= 4 is 5.91 Å². The van der Waals surface area contributed by atoms with E-state index < -0.39 is 5.41 Å². The van der Waals surface area contributed by atoms with Crippen molar-refractivity contribution in [3.63, 3.8) is 0 Å². The molecule has 1 aromatic heterocycles. The van der Waals surface area contributed by atoms with Crippen LogP contribution in [0.5, 0.6) is 0 Å². The van der Waals surface area contributed by atoms with Gasteiger partial charge in [0, 0.05) is 24.1 Å². The Morgan fingerprint density at radius 2 is 2.21 bits per heavy atom. The lowest BCUT2D eigenvalue weighted by molar-refractivity contribution is -0.140. The van der Waals surface area contributed by atoms with Gasteiger partial charge in [-0.05, 0) is 42.7 Å². The molecule has 0 radical (unpaired) electrons. The second-order valence-electron chi connectivity index (χ2n) is 9.14. The fraction of sp³-hybridized carbons (Fsp3) is 0.478. The van der Waals surface area contributed by atoms with Crippen LogP contribution in [0.25, 0.3) is 11.3 Å². The molecule has 0 saturated heterocycles. The molecule has 1 aliphatic heterocycles. The third-order valence-electron chi connectivity index (χ3n) is 7.51. The van der Waals surface area contributed by atoms with E-state index in [9.17, 15) is 9.18 Å². The van der Waals surface area contributed by atoms with Crippen LogP contribution in [0.3, 0.4) is 0 Å². The van der Waals surface area contributed by atoms with Gasteiger partial charge in [0.2, 0.25) is 5.91 Å². The number of nitrogens with zero attached hydrogens (tertiary/aromatic N) is 2. The zero-order chi connectivity index (χ0) is 19.7. The van der Waals surface area contributed by atoms with Crippen molar-refractivity contribution in [2.45, 2.75) is 46.1 Å². The van der Waals surface area contributed by atoms with Crippen LogP contribution in [-0.2, 0) is 17.8 Å². The van der Waals surface area contributed by atoms with Crippen LogP contribution in [0.4, 0.5) is 4.39 Å². The van der Waals surface area contributed by atoms with Gasteiger partial charge in [-0.1, -0.05) is 43.3 Å². The Morgan fingerprint density at radius 3 is 2.93 bits per heavy atom. The fourth-order valence-electron chi connectivity index (χ4n) is 5.67. The van der Waals surface area contributed by atoms with Gasteiger partial charge in [-0.2, -0.15) is 0 Å². The van der Waals surface area contributed by atoms with Crippen molar-refractivity contribution in [1.82, 2.24) is 10.1 Å². The van der Waals surface area contributed by atoms with Crippen molar-refractivity contribution < 1.29 is 13.7 Å². The van der Waals surface area contributed by atoms with E-state index in [0.717, 1.165) is 36.2 Å². The van der Waals surface area contributed by atoms with Gasteiger partial charge < -0.3 is 9.42 Å². The van der Waals surface area contributed by atoms with Crippen LogP contribution in [0.2, 0.25) is 0 Å². The maximum Gasteiger partial charge on any atom is 0.233 e. The molecule has 2 heterocycles. The second-order valence-corrected chi connectivity index (χ2v) is 9.14. The van der Waals surface area contributed by atoms with Crippen molar-refractivity contribution in [2.24, 2.45) is 16.7 Å². The van der Waals surface area contributed by atoms with Gasteiger partial charge in [-0.25, -0.2) is 4.39 Å². The van der Waals surface area contributed by atoms with Crippen molar-refractivity contribution in [3.8, 4) is 11.3 Å². The minimum atomic E-state index is -0.415.